The number of likely N-dealkylation sites (N-methyl/N-ethyl adjacent to an activating group) is 1. The summed E-state index contributed by atoms with van der Waals surface area (Å²) in [6.45, 7) is 1.65. The highest BCUT2D eigenvalue weighted by Crippen LogP contribution is 1.37. The Kier molecular flexibility index (Phi) is 87.8. The molecule has 2 heteroatoms. The van der Waals surface area contributed by atoms with Gasteiger partial charge in [0.25, 0.3) is 0 Å². The van der Waals surface area contributed by atoms with Crippen molar-refractivity contribution in [1.29, 1.82) is 0 Å². The molecule has 0 bridgehead atoms. The van der Waals surface area contributed by atoms with Crippen LogP contribution in [0.25, 0.3) is 0 Å². The lowest BCUT2D eigenvalue weighted by Gasteiger charge is -1.85. The van der Waals surface area contributed by atoms with E-state index in [1.54, 1.807) is 0 Å². The zero-order valence-corrected chi connectivity index (χ0v) is 3.49. The van der Waals surface area contributed by atoms with Crippen LogP contribution in [-0.4, -0.2) is 20.1 Å². The predicted molar refractivity (Wildman–Crippen MR) is 43.2 cm³/mol. The topological polar surface area (TPSA) is 38.0 Å². The number of nitrogens with two attached hydrogens (primary N) is 1. The lowest BCUT2D eigenvalue weighted by atomic mass is 10.7. The number of rotatable bonds is 2. The SMILES string of the molecule is C.C.C.CNCCN. The van der Waals surface area contributed by atoms with Gasteiger partial charge in [0.2, 0.25) is 0 Å². The van der Waals surface area contributed by atoms with Crippen molar-refractivity contribution in [2.45, 2.75) is 22.3 Å². The third-order valence-electron chi connectivity index (χ3n) is 0.394. The molecule has 0 saturated heterocycles. The number of hydrogen-bond donors (Lipinski definition) is 2. The summed E-state index contributed by atoms with van der Waals surface area (Å²) < 4.78 is 0. The Labute approximate surface area is 54.5 Å². The van der Waals surface area contributed by atoms with Gasteiger partial charge in [0.1, 0.15) is 0 Å². The molecule has 0 saturated carbocycles. The summed E-state index contributed by atoms with van der Waals surface area (Å²) in [4.78, 5) is 0. The molecule has 0 aliphatic heterocycles. The van der Waals surface area contributed by atoms with E-state index >= 15 is 0 Å². The van der Waals surface area contributed by atoms with Crippen LogP contribution >= 0.6 is 0 Å². The maximum atomic E-state index is 5.08. The van der Waals surface area contributed by atoms with E-state index in [0.29, 0.717) is 0 Å². The van der Waals surface area contributed by atoms with Gasteiger partial charge in [0, 0.05) is 13.1 Å². The van der Waals surface area contributed by atoms with Crippen LogP contribution in [0.1, 0.15) is 22.3 Å². The second-order valence-corrected chi connectivity index (χ2v) is 0.892. The molecule has 0 aromatic rings. The molecule has 0 fully saturated rings. The van der Waals surface area contributed by atoms with Gasteiger partial charge in [-0.2, -0.15) is 0 Å². The molecule has 0 aliphatic carbocycles. The van der Waals surface area contributed by atoms with Crippen molar-refractivity contribution in [2.24, 2.45) is 5.73 Å². The Balaban J connectivity index is -0.0000000267. The van der Waals surface area contributed by atoms with Gasteiger partial charge < -0.3 is 11.1 Å². The molecule has 56 valence electrons. The van der Waals surface area contributed by atoms with Gasteiger partial charge in [-0.1, -0.05) is 22.3 Å². The smallest absolute Gasteiger partial charge is 0.00714 e. The Morgan fingerprint density at radius 1 is 1.25 bits per heavy atom. The molecule has 0 aromatic carbocycles. The fourth-order valence-corrected chi connectivity index (χ4v) is 0.144. The van der Waals surface area contributed by atoms with Crippen LogP contribution in [0.2, 0.25) is 0 Å². The minimum Gasteiger partial charge on any atom is -0.329 e. The first-order valence-corrected chi connectivity index (χ1v) is 1.76. The molecule has 0 unspecified atom stereocenters. The van der Waals surface area contributed by atoms with Crippen molar-refractivity contribution in [2.75, 3.05) is 20.1 Å². The Hall–Kier alpha value is -0.0800. The minimum absolute atomic E-state index is 0. The van der Waals surface area contributed by atoms with Crippen molar-refractivity contribution in [3.63, 3.8) is 0 Å². The van der Waals surface area contributed by atoms with E-state index in [2.05, 4.69) is 5.32 Å². The van der Waals surface area contributed by atoms with E-state index in [0.717, 1.165) is 13.1 Å². The molecule has 0 amide bonds. The first-order valence-electron chi connectivity index (χ1n) is 1.76. The molecule has 3 N–H and O–H groups in total. The molecule has 0 radical (unpaired) electrons. The maximum Gasteiger partial charge on any atom is 0.00714 e. The molecule has 0 heterocycles. The van der Waals surface area contributed by atoms with Gasteiger partial charge >= 0.3 is 0 Å². The molecule has 2 nitrogen and oxygen atoms in total. The van der Waals surface area contributed by atoms with Crippen molar-refractivity contribution in [3.8, 4) is 0 Å². The van der Waals surface area contributed by atoms with Crippen LogP contribution in [0.4, 0.5) is 0 Å². The average Bonchev–Trinajstić information content (AvgIpc) is 1.41. The molecule has 0 aromatic heterocycles. The zero-order valence-electron chi connectivity index (χ0n) is 3.49. The lowest BCUT2D eigenvalue weighted by molar-refractivity contribution is 0.802. The van der Waals surface area contributed by atoms with E-state index in [-0.39, 0.29) is 22.3 Å². The van der Waals surface area contributed by atoms with Gasteiger partial charge in [-0.25, -0.2) is 0 Å². The highest BCUT2D eigenvalue weighted by Gasteiger charge is 1.64. The van der Waals surface area contributed by atoms with Crippen LogP contribution in [0.15, 0.2) is 0 Å². The van der Waals surface area contributed by atoms with E-state index in [4.69, 9.17) is 5.73 Å². The molecule has 0 aliphatic rings. The van der Waals surface area contributed by atoms with Crippen LogP contribution in [-0.2, 0) is 0 Å². The normalized spacial score (nSPS) is 5.25. The maximum absolute atomic E-state index is 5.08. The number of nitrogens with one attached hydrogen (secondary N) is 1. The van der Waals surface area contributed by atoms with Gasteiger partial charge in [-0.15, -0.1) is 0 Å². The summed E-state index contributed by atoms with van der Waals surface area (Å²) in [7, 11) is 1.88. The van der Waals surface area contributed by atoms with E-state index in [1.165, 1.54) is 0 Å². The monoisotopic (exact) mass is 122 g/mol. The van der Waals surface area contributed by atoms with Crippen molar-refractivity contribution in [1.82, 2.24) is 5.32 Å². The average molecular weight is 122 g/mol. The highest BCUT2D eigenvalue weighted by molar-refractivity contribution is 4.33. The molecule has 8 heavy (non-hydrogen) atoms. The molecule has 0 spiro atoms. The summed E-state index contributed by atoms with van der Waals surface area (Å²) >= 11 is 0. The van der Waals surface area contributed by atoms with Crippen LogP contribution in [0.5, 0.6) is 0 Å². The molecular formula is C6H22N2. The lowest BCUT2D eigenvalue weighted by Crippen LogP contribution is -2.17. The first kappa shape index (κ1) is 24.7. The fraction of sp³-hybridized carbons (Fsp3) is 1.00. The van der Waals surface area contributed by atoms with Crippen molar-refractivity contribution < 1.29 is 0 Å². The van der Waals surface area contributed by atoms with Crippen LogP contribution < -0.4 is 11.1 Å². The molecule has 0 rings (SSSR count). The highest BCUT2D eigenvalue weighted by atomic mass is 14.8. The van der Waals surface area contributed by atoms with Crippen molar-refractivity contribution >= 4 is 0 Å². The van der Waals surface area contributed by atoms with Crippen molar-refractivity contribution in [3.05, 3.63) is 0 Å². The molecular weight excluding hydrogens is 100 g/mol. The number of hydrogen-bond acceptors (Lipinski definition) is 2. The fourth-order valence-electron chi connectivity index (χ4n) is 0.144. The van der Waals surface area contributed by atoms with Gasteiger partial charge in [0.05, 0.1) is 0 Å². The second-order valence-electron chi connectivity index (χ2n) is 0.892. The minimum atomic E-state index is 0. The van der Waals surface area contributed by atoms with Gasteiger partial charge in [0.15, 0.2) is 0 Å². The Morgan fingerprint density at radius 2 is 1.62 bits per heavy atom. The summed E-state index contributed by atoms with van der Waals surface area (Å²) in [5, 5.41) is 2.89. The molecule has 0 atom stereocenters. The van der Waals surface area contributed by atoms with E-state index in [1.807, 2.05) is 7.05 Å². The standard InChI is InChI=1S/C3H10N2.3CH4/c1-5-3-2-4;;;/h5H,2-4H2,1H3;3*1H4. The summed E-state index contributed by atoms with van der Waals surface area (Å²) in [5.41, 5.74) is 5.08. The largest absolute Gasteiger partial charge is 0.329 e. The zero-order chi connectivity index (χ0) is 4.12. The first-order chi connectivity index (χ1) is 2.41. The Bertz CT molecular complexity index is 14.0. The summed E-state index contributed by atoms with van der Waals surface area (Å²) in [5.74, 6) is 0. The summed E-state index contributed by atoms with van der Waals surface area (Å²) in [6.07, 6.45) is 0. The van der Waals surface area contributed by atoms with Gasteiger partial charge in [-0.3, -0.25) is 0 Å². The van der Waals surface area contributed by atoms with Crippen LogP contribution in [0.3, 0.4) is 0 Å². The van der Waals surface area contributed by atoms with Gasteiger partial charge in [-0.05, 0) is 7.05 Å². The second kappa shape index (κ2) is 28.4. The summed E-state index contributed by atoms with van der Waals surface area (Å²) in [6, 6.07) is 0. The van der Waals surface area contributed by atoms with E-state index < -0.39 is 0 Å². The van der Waals surface area contributed by atoms with Crippen LogP contribution in [0, 0.1) is 0 Å². The van der Waals surface area contributed by atoms with E-state index in [9.17, 15) is 0 Å². The predicted octanol–water partition coefficient (Wildman–Crippen LogP) is 1.07. The quantitative estimate of drug-likeness (QED) is 0.575. The third-order valence-corrected chi connectivity index (χ3v) is 0.394. The Morgan fingerprint density at radius 3 is 1.62 bits per heavy atom. The third kappa shape index (κ3) is 38.9.